The van der Waals surface area contributed by atoms with Gasteiger partial charge in [-0.2, -0.15) is 5.90 Å². The molecule has 0 aliphatic carbocycles. The predicted octanol–water partition coefficient (Wildman–Crippen LogP) is 0.639. The minimum absolute atomic E-state index is 0.142. The Balaban J connectivity index is 3.12. The number of aliphatic imine (C=N–C) groups is 3. The highest BCUT2D eigenvalue weighted by molar-refractivity contribution is 6.67. The zero-order valence-corrected chi connectivity index (χ0v) is 11.3. The van der Waals surface area contributed by atoms with Crippen LogP contribution in [0.3, 0.4) is 0 Å². The molecule has 0 saturated heterocycles. The first-order chi connectivity index (χ1) is 9.03. The number of hydrogen-bond acceptors (Lipinski definition) is 5. The Bertz CT molecular complexity index is 552. The van der Waals surface area contributed by atoms with Gasteiger partial charge in [-0.1, -0.05) is 11.6 Å². The average molecular weight is 283 g/mol. The third-order valence-corrected chi connectivity index (χ3v) is 2.54. The number of nitrogens with zero attached hydrogens (tertiary/aromatic N) is 3. The molecule has 0 radical (unpaired) electrons. The lowest BCUT2D eigenvalue weighted by Gasteiger charge is -2.05. The fraction of sp³-hybridized carbons (Fsp3) is 0.182. The molecule has 0 heterocycles. The lowest BCUT2D eigenvalue weighted by molar-refractivity contribution is 0.335. The monoisotopic (exact) mass is 282 g/mol. The molecule has 0 fully saturated rings. The number of halogens is 1. The van der Waals surface area contributed by atoms with Gasteiger partial charge in [-0.3, -0.25) is 9.98 Å². The molecule has 1 aromatic carbocycles. The van der Waals surface area contributed by atoms with Crippen LogP contribution in [0, 0.1) is 0 Å². The van der Waals surface area contributed by atoms with Crippen LogP contribution in [-0.2, 0) is 0 Å². The molecule has 1 rings (SSSR count). The first-order valence-corrected chi connectivity index (χ1v) is 5.61. The molecule has 0 amide bonds. The van der Waals surface area contributed by atoms with Gasteiger partial charge in [-0.25, -0.2) is 4.99 Å². The van der Waals surface area contributed by atoms with Gasteiger partial charge in [0.1, 0.15) is 11.5 Å². The third-order valence-electron chi connectivity index (χ3n) is 2.24. The lowest BCUT2D eigenvalue weighted by atomic mass is 10.3. The molecule has 6 N–H and O–H groups in total. The zero-order valence-electron chi connectivity index (χ0n) is 10.6. The quantitative estimate of drug-likeness (QED) is 0.426. The number of benzene rings is 1. The highest BCUT2D eigenvalue weighted by atomic mass is 35.5. The van der Waals surface area contributed by atoms with Crippen LogP contribution in [0.15, 0.2) is 33.2 Å². The van der Waals surface area contributed by atoms with Crippen LogP contribution in [0.2, 0.25) is 5.02 Å². The predicted molar refractivity (Wildman–Crippen MR) is 78.5 cm³/mol. The van der Waals surface area contributed by atoms with E-state index in [9.17, 15) is 0 Å². The molecule has 0 bridgehead atoms. The Morgan fingerprint density at radius 2 is 1.84 bits per heavy atom. The van der Waals surface area contributed by atoms with Crippen LogP contribution in [0.5, 0.6) is 5.75 Å². The van der Waals surface area contributed by atoms with E-state index < -0.39 is 0 Å². The highest BCUT2D eigenvalue weighted by Crippen LogP contribution is 2.28. The van der Waals surface area contributed by atoms with E-state index in [1.54, 1.807) is 25.2 Å². The summed E-state index contributed by atoms with van der Waals surface area (Å²) in [4.78, 5) is 16.5. The van der Waals surface area contributed by atoms with Crippen molar-refractivity contribution in [1.29, 1.82) is 0 Å². The molecular formula is C11H15ClN6O. The average Bonchev–Trinajstić information content (AvgIpc) is 2.39. The van der Waals surface area contributed by atoms with Crippen molar-refractivity contribution in [2.24, 2.45) is 32.3 Å². The Kier molecular flexibility index (Phi) is 5.28. The van der Waals surface area contributed by atoms with Gasteiger partial charge < -0.3 is 16.3 Å². The third kappa shape index (κ3) is 3.67. The number of hydrogen-bond donors (Lipinski definition) is 3. The summed E-state index contributed by atoms with van der Waals surface area (Å²) < 4.78 is 0. The summed E-state index contributed by atoms with van der Waals surface area (Å²) in [5.74, 6) is 5.73. The maximum Gasteiger partial charge on any atom is 0.165 e. The van der Waals surface area contributed by atoms with Gasteiger partial charge in [-0.15, -0.1) is 0 Å². The Morgan fingerprint density at radius 3 is 2.32 bits per heavy atom. The van der Waals surface area contributed by atoms with Crippen molar-refractivity contribution in [1.82, 2.24) is 0 Å². The molecule has 0 atom stereocenters. The summed E-state index contributed by atoms with van der Waals surface area (Å²) >= 11 is 5.92. The van der Waals surface area contributed by atoms with E-state index in [-0.39, 0.29) is 11.7 Å². The van der Waals surface area contributed by atoms with E-state index in [4.69, 9.17) is 29.0 Å². The minimum Gasteiger partial charge on any atom is -0.410 e. The molecule has 0 aliphatic heterocycles. The zero-order chi connectivity index (χ0) is 14.4. The second kappa shape index (κ2) is 6.72. The van der Waals surface area contributed by atoms with Crippen molar-refractivity contribution < 1.29 is 4.84 Å². The van der Waals surface area contributed by atoms with Crippen LogP contribution >= 0.6 is 11.6 Å². The second-order valence-corrected chi connectivity index (χ2v) is 3.82. The van der Waals surface area contributed by atoms with E-state index in [1.165, 1.54) is 7.05 Å². The standard InChI is InChI=1S/C11H15ClN6O/c1-16-9(10(13)17-2)11(14)18-6-3-4-8(19-15)7(12)5-6/h3-5H,15H2,1-2H3,(H2,13,17)(H2,14,18). The van der Waals surface area contributed by atoms with E-state index >= 15 is 0 Å². The molecule has 0 aliphatic rings. The number of rotatable bonds is 4. The van der Waals surface area contributed by atoms with Crippen molar-refractivity contribution in [2.75, 3.05) is 14.1 Å². The fourth-order valence-electron chi connectivity index (χ4n) is 1.31. The smallest absolute Gasteiger partial charge is 0.165 e. The first-order valence-electron chi connectivity index (χ1n) is 5.23. The number of nitrogens with two attached hydrogens (primary N) is 3. The molecule has 0 aromatic heterocycles. The molecule has 102 valence electrons. The molecule has 0 spiro atoms. The van der Waals surface area contributed by atoms with E-state index in [2.05, 4.69) is 19.8 Å². The van der Waals surface area contributed by atoms with Gasteiger partial charge in [0.2, 0.25) is 0 Å². The first kappa shape index (κ1) is 14.9. The van der Waals surface area contributed by atoms with Crippen LogP contribution < -0.4 is 22.2 Å². The summed E-state index contributed by atoms with van der Waals surface area (Å²) in [6.45, 7) is 0. The summed E-state index contributed by atoms with van der Waals surface area (Å²) in [5, 5.41) is 0.323. The van der Waals surface area contributed by atoms with Gasteiger partial charge in [0.25, 0.3) is 0 Å². The Labute approximate surface area is 115 Å². The molecule has 7 nitrogen and oxygen atoms in total. The maximum absolute atomic E-state index is 5.92. The van der Waals surface area contributed by atoms with Gasteiger partial charge in [0.15, 0.2) is 11.6 Å². The van der Waals surface area contributed by atoms with Crippen molar-refractivity contribution in [3.63, 3.8) is 0 Å². The van der Waals surface area contributed by atoms with Crippen molar-refractivity contribution in [2.45, 2.75) is 0 Å². The summed E-state index contributed by atoms with van der Waals surface area (Å²) in [6, 6.07) is 4.78. The second-order valence-electron chi connectivity index (χ2n) is 3.41. The molecule has 8 heteroatoms. The molecule has 0 saturated carbocycles. The number of amidine groups is 2. The molecule has 0 unspecified atom stereocenters. The Hall–Kier alpha value is -2.12. The van der Waals surface area contributed by atoms with E-state index in [1.807, 2.05) is 0 Å². The highest BCUT2D eigenvalue weighted by Gasteiger charge is 2.09. The van der Waals surface area contributed by atoms with Crippen molar-refractivity contribution in [3.8, 4) is 5.75 Å². The van der Waals surface area contributed by atoms with Crippen LogP contribution in [0.25, 0.3) is 0 Å². The lowest BCUT2D eigenvalue weighted by Crippen LogP contribution is -2.35. The van der Waals surface area contributed by atoms with Gasteiger partial charge in [0, 0.05) is 14.1 Å². The van der Waals surface area contributed by atoms with E-state index in [0.717, 1.165) is 0 Å². The fourth-order valence-corrected chi connectivity index (χ4v) is 1.53. The molecular weight excluding hydrogens is 268 g/mol. The summed E-state index contributed by atoms with van der Waals surface area (Å²) in [6.07, 6.45) is 0. The summed E-state index contributed by atoms with van der Waals surface area (Å²) in [7, 11) is 3.09. The van der Waals surface area contributed by atoms with E-state index in [0.29, 0.717) is 22.2 Å². The van der Waals surface area contributed by atoms with Crippen molar-refractivity contribution in [3.05, 3.63) is 23.2 Å². The van der Waals surface area contributed by atoms with Gasteiger partial charge in [-0.05, 0) is 18.2 Å². The van der Waals surface area contributed by atoms with Crippen LogP contribution in [0.1, 0.15) is 0 Å². The normalized spacial score (nSPS) is 13.6. The molecule has 19 heavy (non-hydrogen) atoms. The van der Waals surface area contributed by atoms with Gasteiger partial charge in [0.05, 0.1) is 10.7 Å². The SMILES string of the molecule is CN=C(N)C(=NC)C(N)=Nc1ccc(ON)c(Cl)c1. The minimum atomic E-state index is 0.142. The van der Waals surface area contributed by atoms with Crippen LogP contribution in [0.4, 0.5) is 5.69 Å². The molecule has 1 aromatic rings. The Morgan fingerprint density at radius 1 is 1.16 bits per heavy atom. The van der Waals surface area contributed by atoms with Crippen molar-refractivity contribution >= 4 is 34.7 Å². The summed E-state index contributed by atoms with van der Waals surface area (Å²) in [5.41, 5.74) is 12.3. The topological polar surface area (TPSA) is 124 Å². The largest absolute Gasteiger partial charge is 0.410 e. The van der Waals surface area contributed by atoms with Crippen LogP contribution in [-0.4, -0.2) is 31.5 Å². The maximum atomic E-state index is 5.92. The van der Waals surface area contributed by atoms with Gasteiger partial charge >= 0.3 is 0 Å².